The lowest BCUT2D eigenvalue weighted by Gasteiger charge is -2.05. The van der Waals surface area contributed by atoms with E-state index in [2.05, 4.69) is 0 Å². The Kier molecular flexibility index (Phi) is 2.25. The fourth-order valence-corrected chi connectivity index (χ4v) is 2.27. The molecule has 0 amide bonds. The average Bonchev–Trinajstić information content (AvgIpc) is 2.38. The first kappa shape index (κ1) is 9.89. The summed E-state index contributed by atoms with van der Waals surface area (Å²) in [5.74, 6) is 0.137. The predicted molar refractivity (Wildman–Crippen MR) is 58.9 cm³/mol. The number of hydrogen-bond donors (Lipinski definition) is 0. The van der Waals surface area contributed by atoms with E-state index in [-0.39, 0.29) is 6.42 Å². The van der Waals surface area contributed by atoms with Crippen LogP contribution in [-0.4, -0.2) is 16.6 Å². The molecule has 2 rings (SSSR count). The maximum atomic E-state index is 13.6. The van der Waals surface area contributed by atoms with Gasteiger partial charge in [-0.1, -0.05) is 6.07 Å². The van der Waals surface area contributed by atoms with Crippen LogP contribution < -0.4 is 4.74 Å². The standard InChI is InChI=1S/C10H8FIO2/c1-14-7-3-2-6-5-10(11,12)9(13)8(6)4-7/h2-4H,5H2,1H3. The van der Waals surface area contributed by atoms with Gasteiger partial charge in [-0.3, -0.25) is 4.79 Å². The SMILES string of the molecule is COc1ccc2c(c1)C(=O)C(F)(I)C2. The van der Waals surface area contributed by atoms with E-state index in [0.29, 0.717) is 11.3 Å². The van der Waals surface area contributed by atoms with Gasteiger partial charge in [0.05, 0.1) is 7.11 Å². The van der Waals surface area contributed by atoms with Crippen LogP contribution in [0.2, 0.25) is 0 Å². The lowest BCUT2D eigenvalue weighted by molar-refractivity contribution is 0.0882. The molecule has 0 aromatic heterocycles. The molecule has 0 saturated heterocycles. The molecule has 0 fully saturated rings. The molecule has 0 aliphatic heterocycles. The number of benzene rings is 1. The summed E-state index contributed by atoms with van der Waals surface area (Å²) in [7, 11) is 1.52. The third-order valence-electron chi connectivity index (χ3n) is 2.31. The Morgan fingerprint density at radius 2 is 2.29 bits per heavy atom. The molecular weight excluding hydrogens is 298 g/mol. The number of hydrogen-bond acceptors (Lipinski definition) is 2. The van der Waals surface area contributed by atoms with Gasteiger partial charge in [-0.15, -0.1) is 0 Å². The second-order valence-electron chi connectivity index (χ2n) is 3.23. The number of methoxy groups -OCH3 is 1. The summed E-state index contributed by atoms with van der Waals surface area (Å²) in [5.41, 5.74) is 1.20. The molecule has 1 atom stereocenters. The first-order chi connectivity index (χ1) is 6.54. The Hall–Kier alpha value is -0.650. The number of halogens is 2. The van der Waals surface area contributed by atoms with Crippen molar-refractivity contribution >= 4 is 28.4 Å². The van der Waals surface area contributed by atoms with E-state index < -0.39 is 9.46 Å². The van der Waals surface area contributed by atoms with Gasteiger partial charge in [0.25, 0.3) is 0 Å². The number of carbonyl (C=O) groups excluding carboxylic acids is 1. The zero-order valence-corrected chi connectivity index (χ0v) is 9.67. The molecular formula is C10H8FIO2. The van der Waals surface area contributed by atoms with Crippen LogP contribution >= 0.6 is 22.6 Å². The Morgan fingerprint density at radius 1 is 1.57 bits per heavy atom. The highest BCUT2D eigenvalue weighted by Gasteiger charge is 2.43. The lowest BCUT2D eigenvalue weighted by Crippen LogP contribution is -2.21. The van der Waals surface area contributed by atoms with Crippen LogP contribution in [0.4, 0.5) is 4.39 Å². The van der Waals surface area contributed by atoms with Gasteiger partial charge in [0, 0.05) is 12.0 Å². The second-order valence-corrected chi connectivity index (χ2v) is 4.94. The molecule has 0 heterocycles. The summed E-state index contributed by atoms with van der Waals surface area (Å²) in [4.78, 5) is 11.5. The molecule has 74 valence electrons. The molecule has 1 aromatic rings. The fourth-order valence-electron chi connectivity index (χ4n) is 1.56. The second kappa shape index (κ2) is 3.18. The van der Waals surface area contributed by atoms with Crippen molar-refractivity contribution in [2.75, 3.05) is 7.11 Å². The number of ketones is 1. The average molecular weight is 306 g/mol. The number of alkyl halides is 2. The monoisotopic (exact) mass is 306 g/mol. The Balaban J connectivity index is 2.51. The molecule has 0 saturated carbocycles. The van der Waals surface area contributed by atoms with Gasteiger partial charge in [-0.05, 0) is 40.3 Å². The van der Waals surface area contributed by atoms with E-state index >= 15 is 0 Å². The van der Waals surface area contributed by atoms with Crippen molar-refractivity contribution in [3.63, 3.8) is 0 Å². The molecule has 1 aliphatic rings. The Labute approximate surface area is 94.6 Å². The van der Waals surface area contributed by atoms with Crippen molar-refractivity contribution in [2.24, 2.45) is 0 Å². The van der Waals surface area contributed by atoms with Crippen LogP contribution in [0.25, 0.3) is 0 Å². The van der Waals surface area contributed by atoms with Crippen molar-refractivity contribution in [2.45, 2.75) is 10.1 Å². The topological polar surface area (TPSA) is 26.3 Å². The van der Waals surface area contributed by atoms with Gasteiger partial charge in [0.1, 0.15) is 5.75 Å². The first-order valence-electron chi connectivity index (χ1n) is 4.14. The highest BCUT2D eigenvalue weighted by Crippen LogP contribution is 2.39. The van der Waals surface area contributed by atoms with Crippen LogP contribution in [0, 0.1) is 0 Å². The van der Waals surface area contributed by atoms with Crippen molar-refractivity contribution < 1.29 is 13.9 Å². The van der Waals surface area contributed by atoms with E-state index in [9.17, 15) is 9.18 Å². The number of ether oxygens (including phenoxy) is 1. The molecule has 0 N–H and O–H groups in total. The van der Waals surface area contributed by atoms with Crippen molar-refractivity contribution in [1.29, 1.82) is 0 Å². The molecule has 2 nitrogen and oxygen atoms in total. The number of rotatable bonds is 1. The summed E-state index contributed by atoms with van der Waals surface area (Å²) < 4.78 is 16.8. The predicted octanol–water partition coefficient (Wildman–Crippen LogP) is 2.53. The van der Waals surface area contributed by atoms with E-state index in [0.717, 1.165) is 5.56 Å². The lowest BCUT2D eigenvalue weighted by atomic mass is 10.1. The van der Waals surface area contributed by atoms with Crippen molar-refractivity contribution in [1.82, 2.24) is 0 Å². The summed E-state index contributed by atoms with van der Waals surface area (Å²) >= 11 is 1.55. The highest BCUT2D eigenvalue weighted by molar-refractivity contribution is 14.1. The van der Waals surface area contributed by atoms with Crippen LogP contribution in [0.15, 0.2) is 18.2 Å². The van der Waals surface area contributed by atoms with Gasteiger partial charge >= 0.3 is 0 Å². The number of carbonyl (C=O) groups is 1. The fraction of sp³-hybridized carbons (Fsp3) is 0.300. The maximum absolute atomic E-state index is 13.6. The van der Waals surface area contributed by atoms with Crippen LogP contribution in [0.1, 0.15) is 15.9 Å². The van der Waals surface area contributed by atoms with Crippen molar-refractivity contribution in [3.05, 3.63) is 29.3 Å². The molecule has 0 bridgehead atoms. The molecule has 1 aliphatic carbocycles. The third-order valence-corrected chi connectivity index (χ3v) is 3.18. The molecule has 1 unspecified atom stereocenters. The summed E-state index contributed by atoms with van der Waals surface area (Å²) in [6, 6.07) is 5.08. The van der Waals surface area contributed by atoms with Crippen LogP contribution in [-0.2, 0) is 6.42 Å². The van der Waals surface area contributed by atoms with Gasteiger partial charge in [0.2, 0.25) is 9.46 Å². The van der Waals surface area contributed by atoms with Crippen LogP contribution in [0.3, 0.4) is 0 Å². The Bertz CT molecular complexity index is 401. The van der Waals surface area contributed by atoms with Gasteiger partial charge in [-0.25, -0.2) is 4.39 Å². The largest absolute Gasteiger partial charge is 0.497 e. The smallest absolute Gasteiger partial charge is 0.227 e. The van der Waals surface area contributed by atoms with Gasteiger partial charge in [0.15, 0.2) is 0 Å². The van der Waals surface area contributed by atoms with Crippen LogP contribution in [0.5, 0.6) is 5.75 Å². The normalized spacial score (nSPS) is 24.9. The van der Waals surface area contributed by atoms with E-state index in [4.69, 9.17) is 4.74 Å². The van der Waals surface area contributed by atoms with E-state index in [1.165, 1.54) is 7.11 Å². The molecule has 0 radical (unpaired) electrons. The third kappa shape index (κ3) is 1.41. The maximum Gasteiger partial charge on any atom is 0.227 e. The number of fused-ring (bicyclic) bond motifs is 1. The molecule has 14 heavy (non-hydrogen) atoms. The van der Waals surface area contributed by atoms with Gasteiger partial charge < -0.3 is 4.74 Å². The summed E-state index contributed by atoms with van der Waals surface area (Å²) in [5, 5.41) is 0. The minimum absolute atomic E-state index is 0.158. The minimum atomic E-state index is -1.77. The Morgan fingerprint density at radius 3 is 2.93 bits per heavy atom. The zero-order chi connectivity index (χ0) is 10.3. The minimum Gasteiger partial charge on any atom is -0.497 e. The van der Waals surface area contributed by atoms with E-state index in [1.54, 1.807) is 40.8 Å². The van der Waals surface area contributed by atoms with E-state index in [1.807, 2.05) is 0 Å². The number of Topliss-reactive ketones (excluding diaryl/α,β-unsaturated/α-hetero) is 1. The highest BCUT2D eigenvalue weighted by atomic mass is 127. The quantitative estimate of drug-likeness (QED) is 0.589. The molecule has 0 spiro atoms. The first-order valence-corrected chi connectivity index (χ1v) is 5.22. The zero-order valence-electron chi connectivity index (χ0n) is 7.51. The molecule has 1 aromatic carbocycles. The van der Waals surface area contributed by atoms with Crippen molar-refractivity contribution in [3.8, 4) is 5.75 Å². The molecule has 4 heteroatoms. The summed E-state index contributed by atoms with van der Waals surface area (Å²) in [6.45, 7) is 0. The van der Waals surface area contributed by atoms with Gasteiger partial charge in [-0.2, -0.15) is 0 Å². The summed E-state index contributed by atoms with van der Waals surface area (Å²) in [6.07, 6.45) is 0.158.